The third kappa shape index (κ3) is 6.21. The summed E-state index contributed by atoms with van der Waals surface area (Å²) in [4.78, 5) is 14.4. The Kier molecular flexibility index (Phi) is 7.04. The summed E-state index contributed by atoms with van der Waals surface area (Å²) < 4.78 is 5.79. The third-order valence-corrected chi connectivity index (χ3v) is 5.01. The molecule has 4 nitrogen and oxygen atoms in total. The second-order valence-electron chi connectivity index (χ2n) is 6.80. The molecule has 1 heterocycles. The molecule has 0 spiro atoms. The lowest BCUT2D eigenvalue weighted by molar-refractivity contribution is -0.117. The first-order valence-electron chi connectivity index (χ1n) is 9.20. The topological polar surface area (TPSA) is 41.6 Å². The summed E-state index contributed by atoms with van der Waals surface area (Å²) in [7, 11) is 0. The van der Waals surface area contributed by atoms with Crippen molar-refractivity contribution >= 4 is 23.6 Å². The molecule has 1 aliphatic rings. The van der Waals surface area contributed by atoms with Gasteiger partial charge in [0, 0.05) is 37.3 Å². The molecule has 1 fully saturated rings. The van der Waals surface area contributed by atoms with E-state index in [4.69, 9.17) is 16.3 Å². The van der Waals surface area contributed by atoms with Crippen molar-refractivity contribution in [2.45, 2.75) is 19.6 Å². The van der Waals surface area contributed by atoms with Crippen LogP contribution in [0.15, 0.2) is 54.6 Å². The smallest absolute Gasteiger partial charge is 0.244 e. The van der Waals surface area contributed by atoms with Crippen LogP contribution in [0.3, 0.4) is 0 Å². The molecule has 2 aromatic rings. The van der Waals surface area contributed by atoms with E-state index in [0.717, 1.165) is 30.8 Å². The fourth-order valence-corrected chi connectivity index (χ4v) is 3.24. The molecule has 2 aromatic carbocycles. The number of carbonyl (C=O) groups excluding carboxylic acids is 1. The van der Waals surface area contributed by atoms with Crippen molar-refractivity contribution in [1.82, 2.24) is 10.2 Å². The summed E-state index contributed by atoms with van der Waals surface area (Å²) in [6, 6.07) is 16.1. The normalized spacial score (nSPS) is 17.9. The highest BCUT2D eigenvalue weighted by atomic mass is 35.5. The van der Waals surface area contributed by atoms with Crippen LogP contribution in [0.5, 0.6) is 0 Å². The fraction of sp³-hybridized carbons (Fsp3) is 0.318. The molecular formula is C22H25ClN2O2. The molecule has 3 rings (SSSR count). The maximum atomic E-state index is 12.1. The summed E-state index contributed by atoms with van der Waals surface area (Å²) in [5, 5.41) is 3.62. The fourth-order valence-electron chi connectivity index (χ4n) is 3.05. The number of benzene rings is 2. The van der Waals surface area contributed by atoms with Crippen LogP contribution in [0.4, 0.5) is 0 Å². The highest BCUT2D eigenvalue weighted by Gasteiger charge is 2.20. The van der Waals surface area contributed by atoms with E-state index >= 15 is 0 Å². The van der Waals surface area contributed by atoms with Crippen molar-refractivity contribution in [3.8, 4) is 0 Å². The second kappa shape index (κ2) is 9.70. The first-order valence-corrected chi connectivity index (χ1v) is 9.58. The van der Waals surface area contributed by atoms with Crippen molar-refractivity contribution < 1.29 is 9.53 Å². The summed E-state index contributed by atoms with van der Waals surface area (Å²) in [6.07, 6.45) is 3.31. The molecule has 142 valence electrons. The lowest BCUT2D eigenvalue weighted by atomic mass is 10.1. The lowest BCUT2D eigenvalue weighted by Crippen LogP contribution is -2.46. The SMILES string of the molecule is Cc1ccc(/C=C/C(=O)NCC2CN(Cc3ccccc3)CCO2)cc1Cl. The van der Waals surface area contributed by atoms with Crippen LogP contribution in [0.1, 0.15) is 16.7 Å². The average Bonchev–Trinajstić information content (AvgIpc) is 2.68. The minimum atomic E-state index is -0.129. The van der Waals surface area contributed by atoms with Gasteiger partial charge in [0.1, 0.15) is 0 Å². The monoisotopic (exact) mass is 384 g/mol. The Labute approximate surface area is 165 Å². The van der Waals surface area contributed by atoms with Crippen LogP contribution in [0, 0.1) is 6.92 Å². The summed E-state index contributed by atoms with van der Waals surface area (Å²) in [5.41, 5.74) is 3.22. The number of nitrogens with zero attached hydrogens (tertiary/aromatic N) is 1. The molecule has 0 aromatic heterocycles. The van der Waals surface area contributed by atoms with Crippen molar-refractivity contribution in [2.24, 2.45) is 0 Å². The number of halogens is 1. The minimum Gasteiger partial charge on any atom is -0.374 e. The highest BCUT2D eigenvalue weighted by molar-refractivity contribution is 6.31. The molecule has 0 saturated carbocycles. The van der Waals surface area contributed by atoms with Gasteiger partial charge in [0.05, 0.1) is 12.7 Å². The van der Waals surface area contributed by atoms with Crippen LogP contribution in [-0.2, 0) is 16.1 Å². The van der Waals surface area contributed by atoms with Gasteiger partial charge in [-0.05, 0) is 35.8 Å². The van der Waals surface area contributed by atoms with Gasteiger partial charge in [-0.3, -0.25) is 9.69 Å². The maximum Gasteiger partial charge on any atom is 0.244 e. The summed E-state index contributed by atoms with van der Waals surface area (Å²) >= 11 is 6.11. The van der Waals surface area contributed by atoms with E-state index in [0.29, 0.717) is 18.2 Å². The van der Waals surface area contributed by atoms with E-state index < -0.39 is 0 Å². The van der Waals surface area contributed by atoms with Gasteiger partial charge < -0.3 is 10.1 Å². The number of ether oxygens (including phenoxy) is 1. The van der Waals surface area contributed by atoms with Crippen LogP contribution in [-0.4, -0.2) is 43.2 Å². The highest BCUT2D eigenvalue weighted by Crippen LogP contribution is 2.17. The summed E-state index contributed by atoms with van der Waals surface area (Å²) in [6.45, 7) is 5.77. The number of morpholine rings is 1. The number of aryl methyl sites for hydroxylation is 1. The molecule has 0 radical (unpaired) electrons. The molecule has 1 unspecified atom stereocenters. The largest absolute Gasteiger partial charge is 0.374 e. The van der Waals surface area contributed by atoms with Crippen LogP contribution in [0.2, 0.25) is 5.02 Å². The summed E-state index contributed by atoms with van der Waals surface area (Å²) in [5.74, 6) is -0.129. The Morgan fingerprint density at radius 1 is 1.30 bits per heavy atom. The van der Waals surface area contributed by atoms with Gasteiger partial charge in [-0.25, -0.2) is 0 Å². The number of nitrogens with one attached hydrogen (secondary N) is 1. The molecule has 1 saturated heterocycles. The number of carbonyl (C=O) groups is 1. The molecule has 5 heteroatoms. The predicted molar refractivity (Wildman–Crippen MR) is 110 cm³/mol. The minimum absolute atomic E-state index is 0.00799. The van der Waals surface area contributed by atoms with Gasteiger partial charge >= 0.3 is 0 Å². The number of rotatable bonds is 6. The van der Waals surface area contributed by atoms with E-state index in [9.17, 15) is 4.79 Å². The van der Waals surface area contributed by atoms with E-state index in [1.165, 1.54) is 11.6 Å². The zero-order chi connectivity index (χ0) is 19.1. The van der Waals surface area contributed by atoms with E-state index in [1.54, 1.807) is 6.08 Å². The quantitative estimate of drug-likeness (QED) is 0.772. The van der Waals surface area contributed by atoms with Crippen LogP contribution >= 0.6 is 11.6 Å². The molecule has 0 aliphatic carbocycles. The van der Waals surface area contributed by atoms with Gasteiger partial charge in [0.15, 0.2) is 0 Å². The van der Waals surface area contributed by atoms with E-state index in [-0.39, 0.29) is 12.0 Å². The van der Waals surface area contributed by atoms with Crippen LogP contribution < -0.4 is 5.32 Å². The van der Waals surface area contributed by atoms with Crippen molar-refractivity contribution in [2.75, 3.05) is 26.2 Å². The van der Waals surface area contributed by atoms with E-state index in [2.05, 4.69) is 34.5 Å². The third-order valence-electron chi connectivity index (χ3n) is 4.60. The molecule has 1 amide bonds. The first kappa shape index (κ1) is 19.6. The molecule has 0 bridgehead atoms. The Balaban J connectivity index is 1.45. The van der Waals surface area contributed by atoms with Crippen molar-refractivity contribution in [1.29, 1.82) is 0 Å². The standard InChI is InChI=1S/C22H25ClN2O2/c1-17-7-8-18(13-21(17)23)9-10-22(26)24-14-20-16-25(11-12-27-20)15-19-5-3-2-4-6-19/h2-10,13,20H,11-12,14-16H2,1H3,(H,24,26)/b10-9+. The second-order valence-corrected chi connectivity index (χ2v) is 7.21. The van der Waals surface area contributed by atoms with Crippen LogP contribution in [0.25, 0.3) is 6.08 Å². The number of hydrogen-bond acceptors (Lipinski definition) is 3. The zero-order valence-electron chi connectivity index (χ0n) is 15.5. The average molecular weight is 385 g/mol. The Bertz CT molecular complexity index is 792. The van der Waals surface area contributed by atoms with Gasteiger partial charge in [-0.15, -0.1) is 0 Å². The van der Waals surface area contributed by atoms with Gasteiger partial charge in [-0.2, -0.15) is 0 Å². The molecular weight excluding hydrogens is 360 g/mol. The first-order chi connectivity index (χ1) is 13.1. The molecule has 27 heavy (non-hydrogen) atoms. The van der Waals surface area contributed by atoms with Gasteiger partial charge in [0.2, 0.25) is 5.91 Å². The molecule has 1 atom stereocenters. The van der Waals surface area contributed by atoms with Gasteiger partial charge in [-0.1, -0.05) is 54.1 Å². The Morgan fingerprint density at radius 3 is 2.89 bits per heavy atom. The lowest BCUT2D eigenvalue weighted by Gasteiger charge is -2.33. The number of amides is 1. The Morgan fingerprint density at radius 2 is 2.11 bits per heavy atom. The van der Waals surface area contributed by atoms with Crippen molar-refractivity contribution in [3.05, 3.63) is 76.3 Å². The van der Waals surface area contributed by atoms with E-state index in [1.807, 2.05) is 31.2 Å². The van der Waals surface area contributed by atoms with Gasteiger partial charge in [0.25, 0.3) is 0 Å². The predicted octanol–water partition coefficient (Wildman–Crippen LogP) is 3.68. The van der Waals surface area contributed by atoms with Crippen molar-refractivity contribution in [3.63, 3.8) is 0 Å². The zero-order valence-corrected chi connectivity index (χ0v) is 16.3. The number of hydrogen-bond donors (Lipinski definition) is 1. The molecule has 1 aliphatic heterocycles. The Hall–Kier alpha value is -2.14. The molecule has 1 N–H and O–H groups in total. The maximum absolute atomic E-state index is 12.1.